The van der Waals surface area contributed by atoms with E-state index in [1.54, 1.807) is 6.20 Å². The Morgan fingerprint density at radius 1 is 1.15 bits per heavy atom. The van der Waals surface area contributed by atoms with Gasteiger partial charge in [-0.2, -0.15) is 18.4 Å². The van der Waals surface area contributed by atoms with Gasteiger partial charge in [-0.15, -0.1) is 0 Å². The molecule has 0 radical (unpaired) electrons. The van der Waals surface area contributed by atoms with Gasteiger partial charge in [-0.05, 0) is 68.6 Å². The molecule has 2 aromatic heterocycles. The molecule has 252 valence electrons. The summed E-state index contributed by atoms with van der Waals surface area (Å²) >= 11 is 6.55. The Morgan fingerprint density at radius 3 is 2.63 bits per heavy atom. The van der Waals surface area contributed by atoms with E-state index in [2.05, 4.69) is 27.0 Å². The van der Waals surface area contributed by atoms with Crippen molar-refractivity contribution in [3.05, 3.63) is 35.5 Å². The predicted molar refractivity (Wildman–Crippen MR) is 168 cm³/mol. The van der Waals surface area contributed by atoms with Crippen molar-refractivity contribution in [1.29, 1.82) is 5.26 Å². The van der Waals surface area contributed by atoms with Crippen LogP contribution in [-0.4, -0.2) is 82.0 Å². The zero-order valence-electron chi connectivity index (χ0n) is 25.3. The highest BCUT2D eigenvalue weighted by molar-refractivity contribution is 7.89. The first-order valence-electron chi connectivity index (χ1n) is 15.4. The first-order valence-corrected chi connectivity index (χ1v) is 17.4. The van der Waals surface area contributed by atoms with Crippen molar-refractivity contribution in [2.24, 2.45) is 10.8 Å². The minimum Gasteiger partial charge on any atom is -0.381 e. The first kappa shape index (κ1) is 34.6. The monoisotopic (exact) mass is 685 g/mol. The van der Waals surface area contributed by atoms with Crippen LogP contribution in [0.2, 0.25) is 5.02 Å². The third-order valence-electron chi connectivity index (χ3n) is 9.07. The van der Waals surface area contributed by atoms with Gasteiger partial charge in [0.1, 0.15) is 18.2 Å². The van der Waals surface area contributed by atoms with Crippen molar-refractivity contribution in [2.45, 2.75) is 63.2 Å². The average Bonchev–Trinajstić information content (AvgIpc) is 3.72. The van der Waals surface area contributed by atoms with Gasteiger partial charge in [0.25, 0.3) is 0 Å². The fourth-order valence-corrected chi connectivity index (χ4v) is 7.19. The molecule has 1 saturated heterocycles. The average molecular weight is 686 g/mol. The molecule has 1 atom stereocenters. The minimum absolute atomic E-state index is 0.0815. The predicted octanol–water partition coefficient (Wildman–Crippen LogP) is 4.69. The molecule has 2 aliphatic carbocycles. The van der Waals surface area contributed by atoms with Crippen LogP contribution < -0.4 is 20.7 Å². The lowest BCUT2D eigenvalue weighted by atomic mass is 9.82. The Labute approximate surface area is 272 Å². The fraction of sp³-hybridized carbons (Fsp3) is 0.633. The van der Waals surface area contributed by atoms with Gasteiger partial charge in [-0.1, -0.05) is 17.7 Å². The smallest absolute Gasteiger partial charge is 0.381 e. The molecule has 1 aliphatic heterocycles. The maximum absolute atomic E-state index is 12.2. The number of ether oxygens (including phenoxy) is 2. The van der Waals surface area contributed by atoms with E-state index in [-0.39, 0.29) is 18.1 Å². The maximum Gasteiger partial charge on any atom is 0.402 e. The molecule has 0 bridgehead atoms. The molecule has 4 N–H and O–H groups in total. The maximum atomic E-state index is 12.2. The van der Waals surface area contributed by atoms with Crippen LogP contribution in [0.1, 0.15) is 44.9 Å². The summed E-state index contributed by atoms with van der Waals surface area (Å²) in [6, 6.07) is 10.6. The Balaban J connectivity index is 1.06. The SMILES string of the molecule is N#CC1(CNc2cccc(-c3cc(NC4CCC5(CC4)CC5NCCOCS(=O)(=O)NCC(F)(F)F)ncc3Cl)n2)CCOCC1. The van der Waals surface area contributed by atoms with E-state index in [4.69, 9.17) is 26.1 Å². The van der Waals surface area contributed by atoms with E-state index in [1.807, 2.05) is 24.3 Å². The molecule has 1 unspecified atom stereocenters. The first-order chi connectivity index (χ1) is 21.9. The van der Waals surface area contributed by atoms with Crippen molar-refractivity contribution >= 4 is 33.3 Å². The molecular formula is C30H39ClF3N7O4S. The van der Waals surface area contributed by atoms with E-state index >= 15 is 0 Å². The Bertz CT molecular complexity index is 1490. The molecule has 11 nitrogen and oxygen atoms in total. The van der Waals surface area contributed by atoms with Gasteiger partial charge in [0.05, 0.1) is 28.8 Å². The number of halogens is 4. The lowest BCUT2D eigenvalue weighted by molar-refractivity contribution is -0.121. The van der Waals surface area contributed by atoms with E-state index < -0.39 is 34.1 Å². The summed E-state index contributed by atoms with van der Waals surface area (Å²) in [5.41, 5.74) is 1.18. The van der Waals surface area contributed by atoms with Crippen molar-refractivity contribution < 1.29 is 31.1 Å². The molecule has 5 rings (SSSR count). The standard InChI is InChI=1S/C30H39ClF3N7O4S/c31-23-16-37-27(14-22(23)24-2-1-3-26(41-24)38-18-28(17-35)8-11-44-12-9-28)40-21-4-6-29(7-5-21)15-25(29)36-10-13-45-20-46(42,43)39-19-30(32,33)34/h1-3,14,16,21,25,36,39H,4-13,15,18-20H2,(H,37,40)(H,38,41). The Hall–Kier alpha value is -2.74. The number of aromatic nitrogens is 2. The highest BCUT2D eigenvalue weighted by Crippen LogP contribution is 2.56. The van der Waals surface area contributed by atoms with E-state index in [1.165, 1.54) is 4.72 Å². The van der Waals surface area contributed by atoms with Crippen molar-refractivity contribution in [3.8, 4) is 17.3 Å². The molecule has 46 heavy (non-hydrogen) atoms. The highest BCUT2D eigenvalue weighted by Gasteiger charge is 2.54. The second kappa shape index (κ2) is 14.6. The number of pyridine rings is 2. The number of hydrogen-bond acceptors (Lipinski definition) is 10. The summed E-state index contributed by atoms with van der Waals surface area (Å²) in [5, 5.41) is 20.5. The Kier molecular flexibility index (Phi) is 11.0. The number of alkyl halides is 3. The van der Waals surface area contributed by atoms with Crippen LogP contribution >= 0.6 is 11.6 Å². The number of anilines is 2. The van der Waals surface area contributed by atoms with E-state index in [9.17, 15) is 26.9 Å². The minimum atomic E-state index is -4.62. The quantitative estimate of drug-likeness (QED) is 0.206. The number of sulfonamides is 1. The third-order valence-corrected chi connectivity index (χ3v) is 10.4. The molecule has 3 fully saturated rings. The number of nitrogens with zero attached hydrogens (tertiary/aromatic N) is 3. The van der Waals surface area contributed by atoms with Crippen LogP contribution in [0.5, 0.6) is 0 Å². The van der Waals surface area contributed by atoms with E-state index in [0.29, 0.717) is 67.5 Å². The van der Waals surface area contributed by atoms with Crippen LogP contribution in [0.25, 0.3) is 11.3 Å². The molecule has 2 aromatic rings. The number of nitrogens with one attached hydrogen (secondary N) is 4. The van der Waals surface area contributed by atoms with Gasteiger partial charge in [-0.3, -0.25) is 0 Å². The van der Waals surface area contributed by atoms with E-state index in [0.717, 1.165) is 37.7 Å². The normalized spacial score (nSPS) is 24.3. The second-order valence-electron chi connectivity index (χ2n) is 12.4. The molecule has 16 heteroatoms. The summed E-state index contributed by atoms with van der Waals surface area (Å²) in [6.45, 7) is 0.532. The van der Waals surface area contributed by atoms with Crippen molar-refractivity contribution in [2.75, 3.05) is 56.0 Å². The largest absolute Gasteiger partial charge is 0.402 e. The summed E-state index contributed by atoms with van der Waals surface area (Å²) in [4.78, 5) is 9.26. The summed E-state index contributed by atoms with van der Waals surface area (Å²) in [5.74, 6) is 0.570. The second-order valence-corrected chi connectivity index (χ2v) is 14.5. The summed E-state index contributed by atoms with van der Waals surface area (Å²) < 4.78 is 71.9. The third kappa shape index (κ3) is 9.42. The number of hydrogen-bond donors (Lipinski definition) is 4. The fourth-order valence-electron chi connectivity index (χ4n) is 6.19. The number of rotatable bonds is 14. The van der Waals surface area contributed by atoms with Crippen LogP contribution in [0.3, 0.4) is 0 Å². The topological polar surface area (TPSA) is 150 Å². The van der Waals surface area contributed by atoms with Gasteiger partial charge in [0.2, 0.25) is 10.0 Å². The van der Waals surface area contributed by atoms with Crippen LogP contribution in [-0.2, 0) is 19.5 Å². The van der Waals surface area contributed by atoms with Crippen LogP contribution in [0.4, 0.5) is 24.8 Å². The van der Waals surface area contributed by atoms with Crippen molar-refractivity contribution in [3.63, 3.8) is 0 Å². The van der Waals surface area contributed by atoms with Crippen molar-refractivity contribution in [1.82, 2.24) is 20.0 Å². The molecule has 0 amide bonds. The summed E-state index contributed by atoms with van der Waals surface area (Å²) in [6.07, 6.45) is 3.35. The van der Waals surface area contributed by atoms with Gasteiger partial charge >= 0.3 is 6.18 Å². The zero-order chi connectivity index (χ0) is 32.8. The summed E-state index contributed by atoms with van der Waals surface area (Å²) in [7, 11) is -4.15. The van der Waals surface area contributed by atoms with Crippen LogP contribution in [0.15, 0.2) is 30.5 Å². The lowest BCUT2D eigenvalue weighted by Crippen LogP contribution is -2.36. The molecule has 1 spiro atoms. The highest BCUT2D eigenvalue weighted by atomic mass is 35.5. The lowest BCUT2D eigenvalue weighted by Gasteiger charge is -2.31. The van der Waals surface area contributed by atoms with Crippen LogP contribution in [0, 0.1) is 22.2 Å². The number of nitriles is 1. The molecule has 0 aromatic carbocycles. The van der Waals surface area contributed by atoms with Gasteiger partial charge < -0.3 is 25.4 Å². The molecule has 2 saturated carbocycles. The van der Waals surface area contributed by atoms with Gasteiger partial charge in [0.15, 0.2) is 5.94 Å². The van der Waals surface area contributed by atoms with Gasteiger partial charge in [-0.25, -0.2) is 23.1 Å². The van der Waals surface area contributed by atoms with Gasteiger partial charge in [0, 0.05) is 50.1 Å². The Morgan fingerprint density at radius 2 is 1.91 bits per heavy atom. The zero-order valence-corrected chi connectivity index (χ0v) is 26.9. The molecular weight excluding hydrogens is 647 g/mol. The molecule has 3 aliphatic rings. The molecule has 3 heterocycles.